The molecule has 5 nitrogen and oxygen atoms in total. The van der Waals surface area contributed by atoms with E-state index in [-0.39, 0.29) is 17.0 Å². The normalized spacial score (nSPS) is 10.7. The molecular formula is C20H19ClN2O3. The number of pyridine rings is 1. The lowest BCUT2D eigenvalue weighted by Crippen LogP contribution is -2.33. The zero-order valence-corrected chi connectivity index (χ0v) is 15.1. The number of para-hydroxylation sites is 1. The molecule has 134 valence electrons. The molecule has 2 aromatic carbocycles. The van der Waals surface area contributed by atoms with Gasteiger partial charge in [-0.05, 0) is 42.1 Å². The van der Waals surface area contributed by atoms with Crippen molar-refractivity contribution in [3.63, 3.8) is 0 Å². The van der Waals surface area contributed by atoms with Gasteiger partial charge in [0.05, 0.1) is 6.61 Å². The number of H-pyrrole nitrogens is 1. The maximum atomic E-state index is 12.6. The van der Waals surface area contributed by atoms with Crippen LogP contribution in [0, 0.1) is 0 Å². The topological polar surface area (TPSA) is 62.4 Å². The molecule has 0 bridgehead atoms. The first-order valence-electron chi connectivity index (χ1n) is 8.30. The molecule has 0 atom stereocenters. The summed E-state index contributed by atoms with van der Waals surface area (Å²) in [6, 6.07) is 16.2. The number of amides is 1. The summed E-state index contributed by atoms with van der Waals surface area (Å²) in [7, 11) is 1.68. The summed E-state index contributed by atoms with van der Waals surface area (Å²) in [5, 5.41) is 1.44. The number of aromatic amines is 1. The predicted octanol–water partition coefficient (Wildman–Crippen LogP) is 3.72. The van der Waals surface area contributed by atoms with Gasteiger partial charge in [0.15, 0.2) is 0 Å². The first-order valence-corrected chi connectivity index (χ1v) is 8.68. The van der Waals surface area contributed by atoms with Crippen LogP contribution in [0.1, 0.15) is 16.8 Å². The van der Waals surface area contributed by atoms with Crippen LogP contribution in [0.15, 0.2) is 59.4 Å². The summed E-state index contributed by atoms with van der Waals surface area (Å²) in [6.45, 7) is 0.928. The zero-order chi connectivity index (χ0) is 18.5. The number of aromatic nitrogens is 1. The second kappa shape index (κ2) is 8.06. The third-order valence-corrected chi connectivity index (χ3v) is 4.27. The Morgan fingerprint density at radius 3 is 2.77 bits per heavy atom. The van der Waals surface area contributed by atoms with Gasteiger partial charge in [-0.3, -0.25) is 9.59 Å². The second-order valence-electron chi connectivity index (χ2n) is 5.99. The second-order valence-corrected chi connectivity index (χ2v) is 6.42. The molecule has 6 heteroatoms. The monoisotopic (exact) mass is 370 g/mol. The van der Waals surface area contributed by atoms with Gasteiger partial charge in [-0.2, -0.15) is 0 Å². The average Bonchev–Trinajstić information content (AvgIpc) is 2.64. The Balaban J connectivity index is 1.59. The van der Waals surface area contributed by atoms with Crippen molar-refractivity contribution in [2.45, 2.75) is 6.42 Å². The Morgan fingerprint density at radius 1 is 1.15 bits per heavy atom. The number of ether oxygens (including phenoxy) is 1. The molecule has 1 amide bonds. The molecule has 0 aliphatic carbocycles. The fraction of sp³-hybridized carbons (Fsp3) is 0.200. The highest BCUT2D eigenvalue weighted by Crippen LogP contribution is 2.17. The molecule has 0 saturated heterocycles. The van der Waals surface area contributed by atoms with Crippen LogP contribution in [0.4, 0.5) is 0 Å². The molecule has 1 heterocycles. The minimum absolute atomic E-state index is 0.141. The lowest BCUT2D eigenvalue weighted by molar-refractivity contribution is 0.0786. The summed E-state index contributed by atoms with van der Waals surface area (Å²) >= 11 is 5.91. The van der Waals surface area contributed by atoms with Gasteiger partial charge in [-0.1, -0.05) is 35.9 Å². The van der Waals surface area contributed by atoms with Gasteiger partial charge < -0.3 is 14.6 Å². The maximum absolute atomic E-state index is 12.6. The number of nitrogens with one attached hydrogen (secondary N) is 1. The van der Waals surface area contributed by atoms with Crippen molar-refractivity contribution >= 4 is 28.4 Å². The Bertz CT molecular complexity index is 984. The Morgan fingerprint density at radius 2 is 1.96 bits per heavy atom. The first-order chi connectivity index (χ1) is 12.5. The summed E-state index contributed by atoms with van der Waals surface area (Å²) in [6.07, 6.45) is 0.639. The smallest absolute Gasteiger partial charge is 0.261 e. The maximum Gasteiger partial charge on any atom is 0.261 e. The number of fused-ring (bicyclic) bond motifs is 1. The number of carbonyl (C=O) groups excluding carboxylic acids is 1. The van der Waals surface area contributed by atoms with E-state index in [2.05, 4.69) is 4.98 Å². The molecule has 0 aliphatic heterocycles. The third kappa shape index (κ3) is 4.24. The van der Waals surface area contributed by atoms with E-state index in [0.29, 0.717) is 35.9 Å². The fourth-order valence-electron chi connectivity index (χ4n) is 2.66. The van der Waals surface area contributed by atoms with E-state index in [4.69, 9.17) is 16.3 Å². The molecular weight excluding hydrogens is 352 g/mol. The lowest BCUT2D eigenvalue weighted by atomic mass is 10.1. The Hall–Kier alpha value is -2.79. The van der Waals surface area contributed by atoms with Crippen LogP contribution in [0.3, 0.4) is 0 Å². The molecule has 3 aromatic rings. The van der Waals surface area contributed by atoms with E-state index in [1.165, 1.54) is 4.90 Å². The van der Waals surface area contributed by atoms with E-state index in [9.17, 15) is 9.59 Å². The first kappa shape index (κ1) is 18.0. The Kier molecular flexibility index (Phi) is 5.58. The molecule has 1 N–H and O–H groups in total. The standard InChI is InChI=1S/C20H19ClN2O3/c1-23(10-5-11-26-16-8-4-7-15(21)13-16)20(25)17-12-14-6-2-3-9-18(14)22-19(17)24/h2-4,6-9,12-13H,5,10-11H2,1H3,(H,22,24). The third-order valence-electron chi connectivity index (χ3n) is 4.03. The van der Waals surface area contributed by atoms with Crippen LogP contribution in [-0.2, 0) is 0 Å². The Labute approximate surface area is 156 Å². The fourth-order valence-corrected chi connectivity index (χ4v) is 2.84. The molecule has 3 rings (SSSR count). The number of carbonyl (C=O) groups is 1. The van der Waals surface area contributed by atoms with Gasteiger partial charge >= 0.3 is 0 Å². The van der Waals surface area contributed by atoms with Gasteiger partial charge in [0.2, 0.25) is 0 Å². The van der Waals surface area contributed by atoms with Crippen molar-refractivity contribution in [3.8, 4) is 5.75 Å². The molecule has 0 fully saturated rings. The number of benzene rings is 2. The molecule has 0 spiro atoms. The summed E-state index contributed by atoms with van der Waals surface area (Å²) in [5.74, 6) is 0.386. The SMILES string of the molecule is CN(CCCOc1cccc(Cl)c1)C(=O)c1cc2ccccc2[nH]c1=O. The van der Waals surface area contributed by atoms with Crippen LogP contribution < -0.4 is 10.3 Å². The highest BCUT2D eigenvalue weighted by Gasteiger charge is 2.16. The highest BCUT2D eigenvalue weighted by molar-refractivity contribution is 6.30. The van der Waals surface area contributed by atoms with Crippen molar-refractivity contribution < 1.29 is 9.53 Å². The molecule has 0 radical (unpaired) electrons. The molecule has 0 unspecified atom stereocenters. The summed E-state index contributed by atoms with van der Waals surface area (Å²) in [5.41, 5.74) is 0.476. The number of rotatable bonds is 6. The van der Waals surface area contributed by atoms with Crippen LogP contribution in [0.5, 0.6) is 5.75 Å². The largest absolute Gasteiger partial charge is 0.493 e. The van der Waals surface area contributed by atoms with Crippen molar-refractivity contribution in [2.75, 3.05) is 20.2 Å². The van der Waals surface area contributed by atoms with E-state index in [1.54, 1.807) is 25.2 Å². The minimum atomic E-state index is -0.379. The summed E-state index contributed by atoms with van der Waals surface area (Å²) < 4.78 is 5.61. The quantitative estimate of drug-likeness (QED) is 0.672. The predicted molar refractivity (Wildman–Crippen MR) is 103 cm³/mol. The van der Waals surface area contributed by atoms with E-state index < -0.39 is 0 Å². The van der Waals surface area contributed by atoms with Crippen LogP contribution in [0.25, 0.3) is 10.9 Å². The van der Waals surface area contributed by atoms with E-state index in [1.807, 2.05) is 36.4 Å². The number of halogens is 1. The zero-order valence-electron chi connectivity index (χ0n) is 14.4. The van der Waals surface area contributed by atoms with Crippen molar-refractivity contribution in [3.05, 3.63) is 75.5 Å². The molecule has 0 aliphatic rings. The number of nitrogens with zero attached hydrogens (tertiary/aromatic N) is 1. The van der Waals surface area contributed by atoms with Gasteiger partial charge in [-0.25, -0.2) is 0 Å². The minimum Gasteiger partial charge on any atom is -0.493 e. The van der Waals surface area contributed by atoms with E-state index in [0.717, 1.165) is 5.39 Å². The van der Waals surface area contributed by atoms with Crippen LogP contribution >= 0.6 is 11.6 Å². The van der Waals surface area contributed by atoms with Crippen molar-refractivity contribution in [1.82, 2.24) is 9.88 Å². The van der Waals surface area contributed by atoms with E-state index >= 15 is 0 Å². The molecule has 26 heavy (non-hydrogen) atoms. The lowest BCUT2D eigenvalue weighted by Gasteiger charge is -2.17. The number of hydrogen-bond donors (Lipinski definition) is 1. The van der Waals surface area contributed by atoms with Gasteiger partial charge in [-0.15, -0.1) is 0 Å². The highest BCUT2D eigenvalue weighted by atomic mass is 35.5. The van der Waals surface area contributed by atoms with Crippen molar-refractivity contribution in [1.29, 1.82) is 0 Å². The van der Waals surface area contributed by atoms with Crippen LogP contribution in [-0.4, -0.2) is 36.0 Å². The van der Waals surface area contributed by atoms with Gasteiger partial charge in [0, 0.05) is 24.1 Å². The van der Waals surface area contributed by atoms with Gasteiger partial charge in [0.1, 0.15) is 11.3 Å². The average molecular weight is 371 g/mol. The van der Waals surface area contributed by atoms with Crippen LogP contribution in [0.2, 0.25) is 5.02 Å². The summed E-state index contributed by atoms with van der Waals surface area (Å²) in [4.78, 5) is 29.0. The molecule has 0 saturated carbocycles. The van der Waals surface area contributed by atoms with Crippen molar-refractivity contribution in [2.24, 2.45) is 0 Å². The molecule has 1 aromatic heterocycles. The number of hydrogen-bond acceptors (Lipinski definition) is 3. The van der Waals surface area contributed by atoms with Gasteiger partial charge in [0.25, 0.3) is 11.5 Å².